The molecule has 1 saturated heterocycles. The van der Waals surface area contributed by atoms with Crippen LogP contribution >= 0.6 is 23.2 Å². The molecule has 1 aliphatic carbocycles. The van der Waals surface area contributed by atoms with Crippen molar-refractivity contribution in [3.05, 3.63) is 46.0 Å². The molecular weight excluding hydrogens is 497 g/mol. The first-order chi connectivity index (χ1) is 16.4. The number of halogens is 2. The van der Waals surface area contributed by atoms with E-state index in [0.29, 0.717) is 34.2 Å². The summed E-state index contributed by atoms with van der Waals surface area (Å²) in [7, 11) is 1.32. The molecule has 3 aliphatic rings. The van der Waals surface area contributed by atoms with Crippen LogP contribution in [0.5, 0.6) is 0 Å². The molecular formula is C24H27Cl2N3O6. The normalized spacial score (nSPS) is 27.2. The molecule has 2 amide bonds. The van der Waals surface area contributed by atoms with Gasteiger partial charge in [0, 0.05) is 28.2 Å². The quantitative estimate of drug-likeness (QED) is 0.473. The molecule has 1 N–H and O–H groups in total. The van der Waals surface area contributed by atoms with Crippen molar-refractivity contribution >= 4 is 46.9 Å². The van der Waals surface area contributed by atoms with Crippen LogP contribution < -0.4 is 5.32 Å². The highest BCUT2D eigenvalue weighted by Gasteiger charge is 2.65. The van der Waals surface area contributed by atoms with E-state index in [-0.39, 0.29) is 12.5 Å². The summed E-state index contributed by atoms with van der Waals surface area (Å²) in [5.74, 6) is -2.00. The maximum atomic E-state index is 13.8. The Bertz CT molecular complexity index is 1090. The second-order valence-electron chi connectivity index (χ2n) is 9.73. The average molecular weight is 524 g/mol. The van der Waals surface area contributed by atoms with Gasteiger partial charge in [-0.3, -0.25) is 14.5 Å². The first kappa shape index (κ1) is 25.3. The maximum absolute atomic E-state index is 13.8. The molecule has 2 aliphatic heterocycles. The first-order valence-electron chi connectivity index (χ1n) is 11.2. The van der Waals surface area contributed by atoms with Gasteiger partial charge in [-0.2, -0.15) is 0 Å². The van der Waals surface area contributed by atoms with Gasteiger partial charge in [-0.15, -0.1) is 0 Å². The molecule has 9 nitrogen and oxygen atoms in total. The highest BCUT2D eigenvalue weighted by atomic mass is 35.5. The predicted octanol–water partition coefficient (Wildman–Crippen LogP) is 3.91. The van der Waals surface area contributed by atoms with Gasteiger partial charge < -0.3 is 19.6 Å². The van der Waals surface area contributed by atoms with E-state index < -0.39 is 41.2 Å². The number of rotatable bonds is 4. The van der Waals surface area contributed by atoms with Gasteiger partial charge in [0.2, 0.25) is 0 Å². The molecule has 4 rings (SSSR count). The molecule has 0 radical (unpaired) electrons. The fourth-order valence-electron chi connectivity index (χ4n) is 4.65. The van der Waals surface area contributed by atoms with Crippen molar-refractivity contribution in [2.24, 2.45) is 17.0 Å². The van der Waals surface area contributed by atoms with Gasteiger partial charge in [-0.25, -0.2) is 4.79 Å². The van der Waals surface area contributed by atoms with E-state index in [1.807, 2.05) is 0 Å². The SMILES string of the molecule is COC(=O)[C@@H]1C=C[C@H](NC(=O)C23ON=C(c4cc(Cl)cc(Cl)c4)C2CCN3C(=O)OC(C)(C)C)C1. The standard InChI is InChI=1S/C24H27Cl2N3O6/c1-23(2,3)34-22(32)29-8-7-18-19(14-9-15(25)12-16(26)10-14)28-35-24(18,29)21(31)27-17-6-5-13(11-17)20(30)33-4/h5-6,9-10,12-13,17-18H,7-8,11H2,1-4H3,(H,27,31)/t13-,17+,18?,24?/m1/s1. The number of nitrogens with zero attached hydrogens (tertiary/aromatic N) is 2. The zero-order valence-corrected chi connectivity index (χ0v) is 21.4. The number of amides is 2. The molecule has 35 heavy (non-hydrogen) atoms. The van der Waals surface area contributed by atoms with Crippen LogP contribution in [-0.4, -0.2) is 59.6 Å². The average Bonchev–Trinajstić information content (AvgIpc) is 3.45. The maximum Gasteiger partial charge on any atom is 0.413 e. The number of carbonyl (C=O) groups is 3. The predicted molar refractivity (Wildman–Crippen MR) is 129 cm³/mol. The summed E-state index contributed by atoms with van der Waals surface area (Å²) in [6.07, 6.45) is 3.47. The van der Waals surface area contributed by atoms with Crippen LogP contribution in [0.25, 0.3) is 0 Å². The van der Waals surface area contributed by atoms with E-state index in [1.165, 1.54) is 12.0 Å². The van der Waals surface area contributed by atoms with Crippen molar-refractivity contribution in [3.63, 3.8) is 0 Å². The molecule has 1 aromatic rings. The lowest BCUT2D eigenvalue weighted by Gasteiger charge is -2.35. The number of benzene rings is 1. The van der Waals surface area contributed by atoms with Crippen LogP contribution in [0.4, 0.5) is 4.79 Å². The molecule has 1 aromatic carbocycles. The van der Waals surface area contributed by atoms with Crippen LogP contribution in [0.1, 0.15) is 39.2 Å². The van der Waals surface area contributed by atoms with Crippen molar-refractivity contribution in [2.75, 3.05) is 13.7 Å². The van der Waals surface area contributed by atoms with E-state index in [4.69, 9.17) is 37.5 Å². The minimum Gasteiger partial charge on any atom is -0.469 e. The monoisotopic (exact) mass is 523 g/mol. The second kappa shape index (κ2) is 9.35. The lowest BCUT2D eigenvalue weighted by atomic mass is 9.87. The molecule has 188 valence electrons. The molecule has 0 spiro atoms. The Morgan fingerprint density at radius 2 is 1.86 bits per heavy atom. The minimum atomic E-state index is -1.76. The van der Waals surface area contributed by atoms with Crippen molar-refractivity contribution in [1.82, 2.24) is 10.2 Å². The Balaban J connectivity index is 1.64. The van der Waals surface area contributed by atoms with E-state index in [2.05, 4.69) is 10.5 Å². The lowest BCUT2D eigenvalue weighted by Crippen LogP contribution is -2.62. The van der Waals surface area contributed by atoms with Crippen LogP contribution in [0.2, 0.25) is 10.0 Å². The molecule has 1 fully saturated rings. The van der Waals surface area contributed by atoms with Crippen LogP contribution in [-0.2, 0) is 23.9 Å². The summed E-state index contributed by atoms with van der Waals surface area (Å²) >= 11 is 12.4. The number of methoxy groups -OCH3 is 1. The number of esters is 1. The molecule has 0 saturated carbocycles. The lowest BCUT2D eigenvalue weighted by molar-refractivity contribution is -0.169. The Hall–Kier alpha value is -2.78. The third kappa shape index (κ3) is 4.84. The summed E-state index contributed by atoms with van der Waals surface area (Å²) in [5.41, 5.74) is -1.48. The third-order valence-corrected chi connectivity index (χ3v) is 6.57. The van der Waals surface area contributed by atoms with Gasteiger partial charge in [-0.05, 0) is 51.8 Å². The molecule has 2 heterocycles. The van der Waals surface area contributed by atoms with Gasteiger partial charge in [0.1, 0.15) is 5.60 Å². The summed E-state index contributed by atoms with van der Waals surface area (Å²) in [4.78, 5) is 45.9. The molecule has 4 atom stereocenters. The minimum absolute atomic E-state index is 0.214. The number of hydrogen-bond acceptors (Lipinski definition) is 7. The number of oxime groups is 1. The number of ether oxygens (including phenoxy) is 2. The van der Waals surface area contributed by atoms with Gasteiger partial charge in [0.25, 0.3) is 5.91 Å². The fourth-order valence-corrected chi connectivity index (χ4v) is 5.18. The largest absolute Gasteiger partial charge is 0.469 e. The Morgan fingerprint density at radius 1 is 1.17 bits per heavy atom. The zero-order valence-electron chi connectivity index (χ0n) is 19.8. The first-order valence-corrected chi connectivity index (χ1v) is 12.0. The number of nitrogens with one attached hydrogen (secondary N) is 1. The van der Waals surface area contributed by atoms with E-state index in [0.717, 1.165) is 0 Å². The van der Waals surface area contributed by atoms with Gasteiger partial charge in [0.15, 0.2) is 0 Å². The zero-order chi connectivity index (χ0) is 25.5. The van der Waals surface area contributed by atoms with Gasteiger partial charge >= 0.3 is 17.8 Å². The number of hydrogen-bond donors (Lipinski definition) is 1. The van der Waals surface area contributed by atoms with Crippen molar-refractivity contribution < 1.29 is 28.7 Å². The number of fused-ring (bicyclic) bond motifs is 1. The molecule has 0 aromatic heterocycles. The van der Waals surface area contributed by atoms with Crippen molar-refractivity contribution in [1.29, 1.82) is 0 Å². The summed E-state index contributed by atoms with van der Waals surface area (Å²) in [5, 5.41) is 7.94. The van der Waals surface area contributed by atoms with E-state index in [9.17, 15) is 14.4 Å². The smallest absolute Gasteiger partial charge is 0.413 e. The van der Waals surface area contributed by atoms with Crippen molar-refractivity contribution in [2.45, 2.75) is 51.0 Å². The van der Waals surface area contributed by atoms with E-state index >= 15 is 0 Å². The van der Waals surface area contributed by atoms with E-state index in [1.54, 1.807) is 51.1 Å². The Labute approximate surface area is 213 Å². The number of carbonyl (C=O) groups excluding carboxylic acids is 3. The summed E-state index contributed by atoms with van der Waals surface area (Å²) in [6.45, 7) is 5.44. The van der Waals surface area contributed by atoms with Crippen LogP contribution in [0.15, 0.2) is 35.5 Å². The molecule has 11 heteroatoms. The van der Waals surface area contributed by atoms with Crippen LogP contribution in [0, 0.1) is 11.8 Å². The number of likely N-dealkylation sites (tertiary alicyclic amines) is 1. The summed E-state index contributed by atoms with van der Waals surface area (Å²) < 4.78 is 10.4. The topological polar surface area (TPSA) is 107 Å². The third-order valence-electron chi connectivity index (χ3n) is 6.13. The van der Waals surface area contributed by atoms with Crippen molar-refractivity contribution in [3.8, 4) is 0 Å². The Morgan fingerprint density at radius 3 is 2.49 bits per heavy atom. The fraction of sp³-hybridized carbons (Fsp3) is 0.500. The highest BCUT2D eigenvalue weighted by molar-refractivity contribution is 6.35. The second-order valence-corrected chi connectivity index (χ2v) is 10.6. The Kier molecular flexibility index (Phi) is 6.76. The highest BCUT2D eigenvalue weighted by Crippen LogP contribution is 2.45. The molecule has 0 bridgehead atoms. The molecule has 2 unspecified atom stereocenters. The van der Waals surface area contributed by atoms with Gasteiger partial charge in [0.05, 0.1) is 24.7 Å². The summed E-state index contributed by atoms with van der Waals surface area (Å²) in [6, 6.07) is 4.51. The van der Waals surface area contributed by atoms with Crippen LogP contribution in [0.3, 0.4) is 0 Å². The van der Waals surface area contributed by atoms with Gasteiger partial charge in [-0.1, -0.05) is 40.5 Å².